The van der Waals surface area contributed by atoms with Crippen LogP contribution >= 0.6 is 35.3 Å². The molecule has 0 saturated heterocycles. The summed E-state index contributed by atoms with van der Waals surface area (Å²) in [7, 11) is 2.12. The number of nitrogens with zero attached hydrogens (tertiary/aromatic N) is 2. The molecule has 4 nitrogen and oxygen atoms in total. The first kappa shape index (κ1) is 19.3. The van der Waals surface area contributed by atoms with Gasteiger partial charge in [-0.15, -0.1) is 24.0 Å². The molecule has 0 atom stereocenters. The van der Waals surface area contributed by atoms with Crippen LogP contribution in [0.1, 0.15) is 37.0 Å². The topological polar surface area (TPSA) is 40.8 Å². The minimum Gasteiger partial charge on any atom is -0.469 e. The Labute approximate surface area is 165 Å². The number of thiophene rings is 1. The molecule has 0 spiro atoms. The fraction of sp³-hybridized carbons (Fsp3) is 0.500. The standard InChI is InChI=1S/C18H25N3OS.HI/c1-21(13-15-9-12-23-14-15)18(20-16-5-2-3-6-16)19-10-8-17-7-4-11-22-17;/h4,7,9,11-12,14,16H,2-3,5-6,8,10,13H2,1H3,(H,19,20);1H. The van der Waals surface area contributed by atoms with Crippen molar-refractivity contribution in [1.29, 1.82) is 0 Å². The Kier molecular flexibility index (Phi) is 8.11. The lowest BCUT2D eigenvalue weighted by atomic mass is 10.2. The van der Waals surface area contributed by atoms with Gasteiger partial charge in [0.1, 0.15) is 5.76 Å². The SMILES string of the molecule is CN(Cc1ccsc1)C(=NCCc1ccco1)NC1CCCC1.I. The maximum atomic E-state index is 5.39. The molecule has 0 amide bonds. The third-order valence-electron chi connectivity index (χ3n) is 4.25. The van der Waals surface area contributed by atoms with Gasteiger partial charge in [0.15, 0.2) is 5.96 Å². The van der Waals surface area contributed by atoms with Crippen molar-refractivity contribution < 1.29 is 4.42 Å². The molecule has 3 rings (SSSR count). The molecule has 1 aliphatic carbocycles. The number of guanidine groups is 1. The van der Waals surface area contributed by atoms with Crippen molar-refractivity contribution in [1.82, 2.24) is 10.2 Å². The molecule has 2 aromatic heterocycles. The zero-order valence-corrected chi connectivity index (χ0v) is 17.3. The van der Waals surface area contributed by atoms with Crippen molar-refractivity contribution in [2.75, 3.05) is 13.6 Å². The van der Waals surface area contributed by atoms with Crippen molar-refractivity contribution in [3.8, 4) is 0 Å². The smallest absolute Gasteiger partial charge is 0.194 e. The van der Waals surface area contributed by atoms with Gasteiger partial charge in [-0.2, -0.15) is 11.3 Å². The van der Waals surface area contributed by atoms with E-state index in [0.29, 0.717) is 6.04 Å². The van der Waals surface area contributed by atoms with Gasteiger partial charge in [-0.3, -0.25) is 4.99 Å². The van der Waals surface area contributed by atoms with E-state index in [2.05, 4.69) is 34.1 Å². The number of furan rings is 1. The summed E-state index contributed by atoms with van der Waals surface area (Å²) in [6.45, 7) is 1.64. The van der Waals surface area contributed by atoms with Crippen molar-refractivity contribution in [2.45, 2.75) is 44.7 Å². The van der Waals surface area contributed by atoms with E-state index in [1.807, 2.05) is 12.1 Å². The molecule has 0 bridgehead atoms. The zero-order valence-electron chi connectivity index (χ0n) is 14.1. The molecule has 2 aromatic rings. The molecule has 0 unspecified atom stereocenters. The van der Waals surface area contributed by atoms with E-state index in [1.54, 1.807) is 17.6 Å². The van der Waals surface area contributed by atoms with Gasteiger partial charge in [0.2, 0.25) is 0 Å². The van der Waals surface area contributed by atoms with E-state index in [-0.39, 0.29) is 24.0 Å². The molecule has 132 valence electrons. The molecule has 1 N–H and O–H groups in total. The highest BCUT2D eigenvalue weighted by Gasteiger charge is 2.18. The first-order valence-corrected chi connectivity index (χ1v) is 9.31. The molecule has 2 heterocycles. The van der Waals surface area contributed by atoms with Gasteiger partial charge < -0.3 is 14.6 Å². The van der Waals surface area contributed by atoms with Gasteiger partial charge >= 0.3 is 0 Å². The molecule has 0 aliphatic heterocycles. The minimum absolute atomic E-state index is 0. The fourth-order valence-corrected chi connectivity index (χ4v) is 3.65. The van der Waals surface area contributed by atoms with Crippen LogP contribution in [0.2, 0.25) is 0 Å². The van der Waals surface area contributed by atoms with Crippen LogP contribution in [0.4, 0.5) is 0 Å². The van der Waals surface area contributed by atoms with Crippen molar-refractivity contribution in [3.63, 3.8) is 0 Å². The van der Waals surface area contributed by atoms with Gasteiger partial charge in [-0.1, -0.05) is 12.8 Å². The molecule has 0 aromatic carbocycles. The second-order valence-corrected chi connectivity index (χ2v) is 6.93. The predicted molar refractivity (Wildman–Crippen MR) is 111 cm³/mol. The van der Waals surface area contributed by atoms with Gasteiger partial charge in [0.25, 0.3) is 0 Å². The summed E-state index contributed by atoms with van der Waals surface area (Å²) >= 11 is 1.74. The summed E-state index contributed by atoms with van der Waals surface area (Å²) in [6, 6.07) is 6.69. The quantitative estimate of drug-likeness (QED) is 0.392. The number of nitrogens with one attached hydrogen (secondary N) is 1. The Morgan fingerprint density at radius 3 is 2.88 bits per heavy atom. The number of aliphatic imine (C=N–C) groups is 1. The van der Waals surface area contributed by atoms with Gasteiger partial charge in [-0.25, -0.2) is 0 Å². The van der Waals surface area contributed by atoms with Crippen molar-refractivity contribution >= 4 is 41.3 Å². The van der Waals surface area contributed by atoms with E-state index in [1.165, 1.54) is 31.2 Å². The van der Waals surface area contributed by atoms with Crippen LogP contribution in [0.5, 0.6) is 0 Å². The Hall–Kier alpha value is -1.02. The third kappa shape index (κ3) is 5.81. The van der Waals surface area contributed by atoms with Crippen LogP contribution < -0.4 is 5.32 Å². The Morgan fingerprint density at radius 2 is 2.21 bits per heavy atom. The first-order valence-electron chi connectivity index (χ1n) is 8.37. The average molecular weight is 459 g/mol. The fourth-order valence-electron chi connectivity index (χ4n) is 2.99. The largest absolute Gasteiger partial charge is 0.469 e. The molecule has 1 saturated carbocycles. The second kappa shape index (κ2) is 10.1. The molecular weight excluding hydrogens is 433 g/mol. The lowest BCUT2D eigenvalue weighted by Crippen LogP contribution is -2.43. The Bertz CT molecular complexity index is 592. The minimum atomic E-state index is 0. The van der Waals surface area contributed by atoms with Crippen LogP contribution in [0.3, 0.4) is 0 Å². The van der Waals surface area contributed by atoms with E-state index in [0.717, 1.165) is 31.2 Å². The summed E-state index contributed by atoms with van der Waals surface area (Å²) in [5, 5.41) is 7.98. The summed E-state index contributed by atoms with van der Waals surface area (Å²) in [5.41, 5.74) is 1.34. The number of hydrogen-bond donors (Lipinski definition) is 1. The Balaban J connectivity index is 0.00000208. The molecule has 6 heteroatoms. The van der Waals surface area contributed by atoms with E-state index < -0.39 is 0 Å². The maximum Gasteiger partial charge on any atom is 0.194 e. The third-order valence-corrected chi connectivity index (χ3v) is 4.98. The monoisotopic (exact) mass is 459 g/mol. The van der Waals surface area contributed by atoms with Crippen LogP contribution in [0.15, 0.2) is 44.6 Å². The number of hydrogen-bond acceptors (Lipinski definition) is 3. The highest BCUT2D eigenvalue weighted by Crippen LogP contribution is 2.18. The predicted octanol–water partition coefficient (Wildman–Crippen LogP) is 4.52. The summed E-state index contributed by atoms with van der Waals surface area (Å²) in [4.78, 5) is 7.04. The van der Waals surface area contributed by atoms with Crippen LogP contribution in [0.25, 0.3) is 0 Å². The normalized spacial score (nSPS) is 15.3. The highest BCUT2D eigenvalue weighted by atomic mass is 127. The van der Waals surface area contributed by atoms with Crippen molar-refractivity contribution in [2.24, 2.45) is 4.99 Å². The van der Waals surface area contributed by atoms with E-state index in [4.69, 9.17) is 9.41 Å². The highest BCUT2D eigenvalue weighted by molar-refractivity contribution is 14.0. The van der Waals surface area contributed by atoms with Gasteiger partial charge in [0, 0.05) is 32.6 Å². The lowest BCUT2D eigenvalue weighted by Gasteiger charge is -2.25. The first-order chi connectivity index (χ1) is 11.3. The summed E-state index contributed by atoms with van der Waals surface area (Å²) in [6.07, 6.45) is 7.72. The van der Waals surface area contributed by atoms with Crippen LogP contribution in [-0.2, 0) is 13.0 Å². The number of halogens is 1. The average Bonchev–Trinajstić information content (AvgIpc) is 3.30. The lowest BCUT2D eigenvalue weighted by molar-refractivity contribution is 0.456. The van der Waals surface area contributed by atoms with E-state index in [9.17, 15) is 0 Å². The molecule has 1 aliphatic rings. The molecule has 0 radical (unpaired) electrons. The molecule has 1 fully saturated rings. The van der Waals surface area contributed by atoms with Crippen LogP contribution in [-0.4, -0.2) is 30.5 Å². The zero-order chi connectivity index (χ0) is 15.9. The van der Waals surface area contributed by atoms with Gasteiger partial charge in [-0.05, 0) is 47.4 Å². The maximum absolute atomic E-state index is 5.39. The number of rotatable bonds is 6. The molecule has 24 heavy (non-hydrogen) atoms. The Morgan fingerprint density at radius 1 is 1.38 bits per heavy atom. The summed E-state index contributed by atoms with van der Waals surface area (Å²) < 4.78 is 5.39. The second-order valence-electron chi connectivity index (χ2n) is 6.15. The molecular formula is C18H26IN3OS. The van der Waals surface area contributed by atoms with E-state index >= 15 is 0 Å². The van der Waals surface area contributed by atoms with Crippen LogP contribution in [0, 0.1) is 0 Å². The van der Waals surface area contributed by atoms with Crippen molar-refractivity contribution in [3.05, 3.63) is 46.5 Å². The summed E-state index contributed by atoms with van der Waals surface area (Å²) in [5.74, 6) is 2.00. The van der Waals surface area contributed by atoms with Gasteiger partial charge in [0.05, 0.1) is 6.26 Å².